The van der Waals surface area contributed by atoms with Gasteiger partial charge in [0.25, 0.3) is 0 Å². The van der Waals surface area contributed by atoms with Crippen molar-refractivity contribution in [1.82, 2.24) is 29.7 Å². The Morgan fingerprint density at radius 2 is 1.19 bits per heavy atom. The predicted octanol–water partition coefficient (Wildman–Crippen LogP) is 0.170. The molecule has 0 spiro atoms. The van der Waals surface area contributed by atoms with Crippen molar-refractivity contribution in [1.29, 1.82) is 0 Å². The van der Waals surface area contributed by atoms with Crippen molar-refractivity contribution in [3.05, 3.63) is 0 Å². The maximum absolute atomic E-state index is 11.1. The summed E-state index contributed by atoms with van der Waals surface area (Å²) in [7, 11) is -3.22. The van der Waals surface area contributed by atoms with Gasteiger partial charge in [-0.05, 0) is 0 Å². The minimum absolute atomic E-state index is 0.238. The van der Waals surface area contributed by atoms with E-state index in [0.29, 0.717) is 24.4 Å². The second kappa shape index (κ2) is 11.1. The first-order chi connectivity index (χ1) is 12.3. The largest absolute Gasteiger partial charge is 0.353 e. The molecular weight excluding hydrogens is 358 g/mol. The van der Waals surface area contributed by atoms with Crippen LogP contribution in [0.4, 0.5) is 17.8 Å². The summed E-state index contributed by atoms with van der Waals surface area (Å²) in [4.78, 5) is 13.1. The van der Waals surface area contributed by atoms with E-state index < -0.39 is 10.0 Å². The summed E-state index contributed by atoms with van der Waals surface area (Å²) >= 11 is 0. The zero-order valence-corrected chi connectivity index (χ0v) is 17.0. The van der Waals surface area contributed by atoms with Crippen molar-refractivity contribution < 1.29 is 8.42 Å². The molecule has 0 unspecified atom stereocenters. The number of hydrogen-bond donors (Lipinski definition) is 4. The van der Waals surface area contributed by atoms with Gasteiger partial charge >= 0.3 is 0 Å². The Morgan fingerprint density at radius 3 is 1.58 bits per heavy atom. The molecule has 0 radical (unpaired) electrons. The summed E-state index contributed by atoms with van der Waals surface area (Å²) in [6.07, 6.45) is 1.12. The van der Waals surface area contributed by atoms with Crippen LogP contribution < -0.4 is 20.9 Å². The van der Waals surface area contributed by atoms with Gasteiger partial charge in [0.05, 0.1) is 6.26 Å². The Morgan fingerprint density at radius 1 is 0.769 bits per heavy atom. The zero-order chi connectivity index (χ0) is 19.6. The van der Waals surface area contributed by atoms with Gasteiger partial charge in [0.2, 0.25) is 27.9 Å². The van der Waals surface area contributed by atoms with E-state index in [-0.39, 0.29) is 6.54 Å². The van der Waals surface area contributed by atoms with Crippen LogP contribution in [0.2, 0.25) is 0 Å². The summed E-state index contributed by atoms with van der Waals surface area (Å²) in [6, 6.07) is 0. The molecule has 0 fully saturated rings. The number of hydrazine groups is 2. The molecule has 150 valence electrons. The van der Waals surface area contributed by atoms with Crippen LogP contribution in [-0.4, -0.2) is 78.9 Å². The Hall–Kier alpha value is -1.76. The second-order valence-electron chi connectivity index (χ2n) is 5.47. The zero-order valence-electron chi connectivity index (χ0n) is 16.2. The Bertz CT molecular complexity index is 601. The standard InChI is InChI=1S/C14H31N9O2S/c1-6-22(7-2)20-13-17-12(15-10-11-16-26(5,24)25)18-14(19-13)21-23(8-3)9-4/h16H,6-11H2,1-5H3,(H3,15,17,18,19,20,21). The Balaban J connectivity index is 2.88. The molecule has 12 heteroatoms. The lowest BCUT2D eigenvalue weighted by Gasteiger charge is -2.22. The van der Waals surface area contributed by atoms with Gasteiger partial charge in [0.15, 0.2) is 0 Å². The summed E-state index contributed by atoms with van der Waals surface area (Å²) in [5.41, 5.74) is 6.29. The van der Waals surface area contributed by atoms with Crippen LogP contribution in [0.3, 0.4) is 0 Å². The fourth-order valence-electron chi connectivity index (χ4n) is 2.01. The van der Waals surface area contributed by atoms with Gasteiger partial charge in [-0.2, -0.15) is 15.0 Å². The third-order valence-corrected chi connectivity index (χ3v) is 4.18. The van der Waals surface area contributed by atoms with E-state index in [2.05, 4.69) is 35.8 Å². The van der Waals surface area contributed by atoms with E-state index in [1.54, 1.807) is 0 Å². The first-order valence-electron chi connectivity index (χ1n) is 8.79. The molecule has 11 nitrogen and oxygen atoms in total. The molecule has 0 amide bonds. The Labute approximate surface area is 156 Å². The molecule has 0 atom stereocenters. The fourth-order valence-corrected chi connectivity index (χ4v) is 2.48. The lowest BCUT2D eigenvalue weighted by molar-refractivity contribution is 0.358. The number of aromatic nitrogens is 3. The smallest absolute Gasteiger partial charge is 0.244 e. The molecule has 1 aromatic rings. The van der Waals surface area contributed by atoms with Crippen molar-refractivity contribution in [3.8, 4) is 0 Å². The van der Waals surface area contributed by atoms with Crippen LogP contribution in [-0.2, 0) is 10.0 Å². The van der Waals surface area contributed by atoms with E-state index in [0.717, 1.165) is 32.4 Å². The van der Waals surface area contributed by atoms with E-state index in [9.17, 15) is 8.42 Å². The van der Waals surface area contributed by atoms with Crippen molar-refractivity contribution in [2.24, 2.45) is 0 Å². The van der Waals surface area contributed by atoms with Crippen molar-refractivity contribution >= 4 is 27.9 Å². The lowest BCUT2D eigenvalue weighted by Crippen LogP contribution is -2.33. The molecule has 1 aromatic heterocycles. The molecule has 0 aliphatic carbocycles. The molecule has 0 aliphatic rings. The van der Waals surface area contributed by atoms with Crippen molar-refractivity contribution in [2.45, 2.75) is 27.7 Å². The SMILES string of the molecule is CCN(CC)Nc1nc(NCCNS(C)(=O)=O)nc(NN(CC)CC)n1. The second-order valence-corrected chi connectivity index (χ2v) is 7.30. The van der Waals surface area contributed by atoms with E-state index >= 15 is 0 Å². The summed E-state index contributed by atoms with van der Waals surface area (Å²) in [5.74, 6) is 1.19. The fraction of sp³-hybridized carbons (Fsp3) is 0.786. The highest BCUT2D eigenvalue weighted by molar-refractivity contribution is 7.88. The monoisotopic (exact) mass is 389 g/mol. The van der Waals surface area contributed by atoms with Crippen LogP contribution in [0, 0.1) is 0 Å². The van der Waals surface area contributed by atoms with Crippen molar-refractivity contribution in [3.63, 3.8) is 0 Å². The number of nitrogens with zero attached hydrogens (tertiary/aromatic N) is 5. The van der Waals surface area contributed by atoms with E-state index in [1.165, 1.54) is 0 Å². The van der Waals surface area contributed by atoms with Crippen LogP contribution in [0.15, 0.2) is 0 Å². The molecule has 4 N–H and O–H groups in total. The van der Waals surface area contributed by atoms with Gasteiger partial charge in [-0.25, -0.2) is 23.2 Å². The third kappa shape index (κ3) is 8.56. The van der Waals surface area contributed by atoms with Crippen LogP contribution in [0.1, 0.15) is 27.7 Å². The highest BCUT2D eigenvalue weighted by atomic mass is 32.2. The third-order valence-electron chi connectivity index (χ3n) is 3.45. The van der Waals surface area contributed by atoms with E-state index in [1.807, 2.05) is 37.7 Å². The average molecular weight is 390 g/mol. The normalized spacial score (nSPS) is 11.8. The quantitative estimate of drug-likeness (QED) is 0.274. The minimum Gasteiger partial charge on any atom is -0.353 e. The highest BCUT2D eigenvalue weighted by Crippen LogP contribution is 2.11. The molecule has 0 saturated heterocycles. The number of sulfonamides is 1. The predicted molar refractivity (Wildman–Crippen MR) is 104 cm³/mol. The van der Waals surface area contributed by atoms with Gasteiger partial charge < -0.3 is 5.32 Å². The minimum atomic E-state index is -3.22. The van der Waals surface area contributed by atoms with Gasteiger partial charge in [-0.3, -0.25) is 10.9 Å². The topological polar surface area (TPSA) is 127 Å². The number of nitrogens with one attached hydrogen (secondary N) is 4. The first-order valence-corrected chi connectivity index (χ1v) is 10.7. The van der Waals surface area contributed by atoms with Gasteiger partial charge in [0, 0.05) is 39.3 Å². The maximum atomic E-state index is 11.1. The van der Waals surface area contributed by atoms with Gasteiger partial charge in [-0.15, -0.1) is 0 Å². The average Bonchev–Trinajstić information content (AvgIpc) is 2.60. The molecule has 1 rings (SSSR count). The first kappa shape index (κ1) is 22.3. The molecule has 26 heavy (non-hydrogen) atoms. The molecule has 0 aromatic carbocycles. The summed E-state index contributed by atoms with van der Waals surface area (Å²) < 4.78 is 24.6. The molecule has 0 aliphatic heterocycles. The van der Waals surface area contributed by atoms with Crippen LogP contribution in [0.25, 0.3) is 0 Å². The molecule has 0 bridgehead atoms. The summed E-state index contributed by atoms with van der Waals surface area (Å²) in [5, 5.41) is 6.94. The summed E-state index contributed by atoms with van der Waals surface area (Å²) in [6.45, 7) is 11.9. The number of rotatable bonds is 13. The van der Waals surface area contributed by atoms with Gasteiger partial charge in [-0.1, -0.05) is 27.7 Å². The van der Waals surface area contributed by atoms with Gasteiger partial charge in [0.1, 0.15) is 0 Å². The molecular formula is C14H31N9O2S. The number of hydrogen-bond acceptors (Lipinski definition) is 10. The lowest BCUT2D eigenvalue weighted by atomic mass is 10.6. The Kier molecular flexibility index (Phi) is 9.48. The van der Waals surface area contributed by atoms with E-state index in [4.69, 9.17) is 0 Å². The number of anilines is 3. The van der Waals surface area contributed by atoms with Crippen molar-refractivity contribution in [2.75, 3.05) is 61.7 Å². The molecule has 1 heterocycles. The highest BCUT2D eigenvalue weighted by Gasteiger charge is 2.10. The molecule has 0 saturated carbocycles. The van der Waals surface area contributed by atoms with Crippen LogP contribution in [0.5, 0.6) is 0 Å². The maximum Gasteiger partial charge on any atom is 0.244 e. The van der Waals surface area contributed by atoms with Crippen LogP contribution >= 0.6 is 0 Å².